The maximum absolute atomic E-state index is 10.6. The Hall–Kier alpha value is -1.12. The average Bonchev–Trinajstić information content (AvgIpc) is 2.05. The number of nitrogens with zero attached hydrogens (tertiary/aromatic N) is 1. The SMILES string of the molecule is CC/C(=C\C=NC)CNC(C)=O. The second-order valence-electron chi connectivity index (χ2n) is 2.50. The van der Waals surface area contributed by atoms with E-state index in [1.54, 1.807) is 13.3 Å². The van der Waals surface area contributed by atoms with Crippen LogP contribution in [0.2, 0.25) is 0 Å². The fourth-order valence-corrected chi connectivity index (χ4v) is 0.720. The second-order valence-corrected chi connectivity index (χ2v) is 2.50. The van der Waals surface area contributed by atoms with Gasteiger partial charge in [0.05, 0.1) is 0 Å². The molecule has 0 atom stereocenters. The molecule has 0 aliphatic heterocycles. The molecule has 1 amide bonds. The molecule has 3 nitrogen and oxygen atoms in total. The molecule has 0 aliphatic carbocycles. The molecule has 68 valence electrons. The van der Waals surface area contributed by atoms with Crippen molar-refractivity contribution in [2.24, 2.45) is 4.99 Å². The molecule has 0 bridgehead atoms. The Morgan fingerprint density at radius 1 is 1.58 bits per heavy atom. The zero-order valence-corrected chi connectivity index (χ0v) is 7.92. The Bertz CT molecular complexity index is 195. The lowest BCUT2D eigenvalue weighted by atomic mass is 10.2. The number of allylic oxidation sites excluding steroid dienone is 1. The zero-order valence-electron chi connectivity index (χ0n) is 7.92. The van der Waals surface area contributed by atoms with Gasteiger partial charge in [0.2, 0.25) is 5.91 Å². The summed E-state index contributed by atoms with van der Waals surface area (Å²) in [6, 6.07) is 0. The van der Waals surface area contributed by atoms with Gasteiger partial charge in [0, 0.05) is 26.7 Å². The summed E-state index contributed by atoms with van der Waals surface area (Å²) in [6.45, 7) is 4.19. The predicted octanol–water partition coefficient (Wildman–Crippen LogP) is 1.16. The number of amides is 1. The molecule has 0 aromatic rings. The van der Waals surface area contributed by atoms with Gasteiger partial charge in [-0.2, -0.15) is 0 Å². The molecule has 0 rings (SSSR count). The molecule has 0 heterocycles. The predicted molar refractivity (Wildman–Crippen MR) is 51.5 cm³/mol. The lowest BCUT2D eigenvalue weighted by molar-refractivity contribution is -0.118. The van der Waals surface area contributed by atoms with Crippen LogP contribution in [-0.2, 0) is 4.79 Å². The van der Waals surface area contributed by atoms with Crippen LogP contribution < -0.4 is 5.32 Å². The van der Waals surface area contributed by atoms with Gasteiger partial charge < -0.3 is 5.32 Å². The van der Waals surface area contributed by atoms with E-state index in [0.29, 0.717) is 6.54 Å². The fraction of sp³-hybridized carbons (Fsp3) is 0.556. The maximum atomic E-state index is 10.6. The Morgan fingerprint density at radius 3 is 2.67 bits per heavy atom. The highest BCUT2D eigenvalue weighted by Crippen LogP contribution is 1.96. The third-order valence-corrected chi connectivity index (χ3v) is 1.48. The van der Waals surface area contributed by atoms with Crippen molar-refractivity contribution in [3.8, 4) is 0 Å². The highest BCUT2D eigenvalue weighted by Gasteiger charge is 1.93. The van der Waals surface area contributed by atoms with Gasteiger partial charge in [-0.25, -0.2) is 0 Å². The molecular weight excluding hydrogens is 152 g/mol. The molecule has 0 unspecified atom stereocenters. The van der Waals surface area contributed by atoms with E-state index in [9.17, 15) is 4.79 Å². The number of hydrogen-bond acceptors (Lipinski definition) is 2. The van der Waals surface area contributed by atoms with Gasteiger partial charge in [0.25, 0.3) is 0 Å². The topological polar surface area (TPSA) is 41.5 Å². The van der Waals surface area contributed by atoms with Crippen molar-refractivity contribution in [2.45, 2.75) is 20.3 Å². The summed E-state index contributed by atoms with van der Waals surface area (Å²) >= 11 is 0. The van der Waals surface area contributed by atoms with Crippen molar-refractivity contribution in [3.63, 3.8) is 0 Å². The quantitative estimate of drug-likeness (QED) is 0.629. The van der Waals surface area contributed by atoms with Gasteiger partial charge in [-0.3, -0.25) is 9.79 Å². The minimum atomic E-state index is 0.00258. The number of carbonyl (C=O) groups excluding carboxylic acids is 1. The minimum absolute atomic E-state index is 0.00258. The van der Waals surface area contributed by atoms with Crippen molar-refractivity contribution in [2.75, 3.05) is 13.6 Å². The Balaban J connectivity index is 3.90. The van der Waals surface area contributed by atoms with E-state index < -0.39 is 0 Å². The summed E-state index contributed by atoms with van der Waals surface area (Å²) in [7, 11) is 1.72. The van der Waals surface area contributed by atoms with Crippen LogP contribution in [0.25, 0.3) is 0 Å². The third-order valence-electron chi connectivity index (χ3n) is 1.48. The van der Waals surface area contributed by atoms with E-state index in [2.05, 4.69) is 17.2 Å². The smallest absolute Gasteiger partial charge is 0.217 e. The summed E-state index contributed by atoms with van der Waals surface area (Å²) < 4.78 is 0. The zero-order chi connectivity index (χ0) is 9.40. The first-order chi connectivity index (χ1) is 5.70. The van der Waals surface area contributed by atoms with Gasteiger partial charge in [0.1, 0.15) is 0 Å². The molecule has 0 radical (unpaired) electrons. The third kappa shape index (κ3) is 5.65. The average molecular weight is 168 g/mol. The first kappa shape index (κ1) is 10.9. The molecule has 0 saturated heterocycles. The van der Waals surface area contributed by atoms with Crippen LogP contribution in [0, 0.1) is 0 Å². The number of hydrogen-bond donors (Lipinski definition) is 1. The van der Waals surface area contributed by atoms with Crippen molar-refractivity contribution in [3.05, 3.63) is 11.6 Å². The first-order valence-electron chi connectivity index (χ1n) is 4.05. The highest BCUT2D eigenvalue weighted by molar-refractivity contribution is 5.74. The number of rotatable bonds is 4. The standard InChI is InChI=1S/C9H16N2O/c1-4-9(5-6-10-3)7-11-8(2)12/h5-6H,4,7H2,1-3H3,(H,11,12)/b9-5+,10-6?. The van der Waals surface area contributed by atoms with E-state index in [1.165, 1.54) is 12.5 Å². The highest BCUT2D eigenvalue weighted by atomic mass is 16.1. The molecule has 0 aromatic heterocycles. The summed E-state index contributed by atoms with van der Waals surface area (Å²) in [5.74, 6) is 0.00258. The number of nitrogens with one attached hydrogen (secondary N) is 1. The molecular formula is C9H16N2O. The van der Waals surface area contributed by atoms with E-state index in [0.717, 1.165) is 6.42 Å². The van der Waals surface area contributed by atoms with Crippen LogP contribution in [0.1, 0.15) is 20.3 Å². The van der Waals surface area contributed by atoms with E-state index >= 15 is 0 Å². The van der Waals surface area contributed by atoms with Crippen LogP contribution in [0.15, 0.2) is 16.6 Å². The van der Waals surface area contributed by atoms with Crippen LogP contribution in [-0.4, -0.2) is 25.7 Å². The normalized spacial score (nSPS) is 12.1. The maximum Gasteiger partial charge on any atom is 0.217 e. The molecule has 12 heavy (non-hydrogen) atoms. The second kappa shape index (κ2) is 6.58. The summed E-state index contributed by atoms with van der Waals surface area (Å²) in [5, 5.41) is 2.74. The summed E-state index contributed by atoms with van der Waals surface area (Å²) in [6.07, 6.45) is 4.60. The fourth-order valence-electron chi connectivity index (χ4n) is 0.720. The van der Waals surface area contributed by atoms with Crippen molar-refractivity contribution < 1.29 is 4.79 Å². The van der Waals surface area contributed by atoms with Crippen molar-refractivity contribution >= 4 is 12.1 Å². The van der Waals surface area contributed by atoms with Gasteiger partial charge in [-0.05, 0) is 18.1 Å². The van der Waals surface area contributed by atoms with Crippen LogP contribution in [0.5, 0.6) is 0 Å². The molecule has 0 fully saturated rings. The Kier molecular flexibility index (Phi) is 5.97. The summed E-state index contributed by atoms with van der Waals surface area (Å²) in [4.78, 5) is 14.4. The lowest BCUT2D eigenvalue weighted by Crippen LogP contribution is -2.22. The Labute approximate surface area is 73.6 Å². The van der Waals surface area contributed by atoms with Gasteiger partial charge in [-0.1, -0.05) is 6.92 Å². The lowest BCUT2D eigenvalue weighted by Gasteiger charge is -2.03. The molecule has 0 aromatic carbocycles. The van der Waals surface area contributed by atoms with Crippen LogP contribution >= 0.6 is 0 Å². The molecule has 0 saturated carbocycles. The molecule has 3 heteroatoms. The van der Waals surface area contributed by atoms with Gasteiger partial charge in [-0.15, -0.1) is 0 Å². The van der Waals surface area contributed by atoms with E-state index in [4.69, 9.17) is 0 Å². The van der Waals surface area contributed by atoms with Crippen molar-refractivity contribution in [1.29, 1.82) is 0 Å². The van der Waals surface area contributed by atoms with Gasteiger partial charge in [0.15, 0.2) is 0 Å². The molecule has 0 aliphatic rings. The van der Waals surface area contributed by atoms with Gasteiger partial charge >= 0.3 is 0 Å². The minimum Gasteiger partial charge on any atom is -0.353 e. The largest absolute Gasteiger partial charge is 0.353 e. The summed E-state index contributed by atoms with van der Waals surface area (Å²) in [5.41, 5.74) is 1.18. The van der Waals surface area contributed by atoms with E-state index in [-0.39, 0.29) is 5.91 Å². The van der Waals surface area contributed by atoms with Crippen molar-refractivity contribution in [1.82, 2.24) is 5.32 Å². The van der Waals surface area contributed by atoms with E-state index in [1.807, 2.05) is 6.08 Å². The molecule has 1 N–H and O–H groups in total. The van der Waals surface area contributed by atoms with Crippen LogP contribution in [0.4, 0.5) is 0 Å². The number of carbonyl (C=O) groups is 1. The Morgan fingerprint density at radius 2 is 2.25 bits per heavy atom. The first-order valence-corrected chi connectivity index (χ1v) is 4.05. The number of aliphatic imine (C=N–C) groups is 1. The van der Waals surface area contributed by atoms with Crippen LogP contribution in [0.3, 0.4) is 0 Å². The monoisotopic (exact) mass is 168 g/mol. The molecule has 0 spiro atoms.